The maximum Gasteiger partial charge on any atom is 0.103 e. The molecule has 2 aliphatic carbocycles. The number of unbranched alkanes of at least 4 members (excludes halogenated alkanes) is 5. The van der Waals surface area contributed by atoms with Gasteiger partial charge in [-0.05, 0) is 74.0 Å². The van der Waals surface area contributed by atoms with Crippen molar-refractivity contribution < 1.29 is 4.39 Å². The van der Waals surface area contributed by atoms with Crippen molar-refractivity contribution in [2.75, 3.05) is 0 Å². The Morgan fingerprint density at radius 3 is 2.24 bits per heavy atom. The summed E-state index contributed by atoms with van der Waals surface area (Å²) >= 11 is 0. The molecule has 0 bridgehead atoms. The Bertz CT molecular complexity index is 405. The second-order valence-corrected chi connectivity index (χ2v) is 11.2. The van der Waals surface area contributed by atoms with Crippen molar-refractivity contribution >= 4 is 0 Å². The van der Waals surface area contributed by atoms with E-state index in [2.05, 4.69) is 27.7 Å². The molecule has 0 spiro atoms. The smallest absolute Gasteiger partial charge is 0.103 e. The zero-order chi connectivity index (χ0) is 21.1. The van der Waals surface area contributed by atoms with Crippen LogP contribution in [-0.2, 0) is 0 Å². The first-order valence-corrected chi connectivity index (χ1v) is 13.7. The molecule has 0 radical (unpaired) electrons. The Balaban J connectivity index is 1.65. The summed E-state index contributed by atoms with van der Waals surface area (Å²) in [6, 6.07) is 0. The van der Waals surface area contributed by atoms with Crippen molar-refractivity contribution in [1.29, 1.82) is 0 Å². The molecule has 2 rings (SSSR count). The van der Waals surface area contributed by atoms with E-state index >= 15 is 0 Å². The zero-order valence-corrected chi connectivity index (χ0v) is 20.4. The molecule has 0 nitrogen and oxygen atoms in total. The third-order valence-electron chi connectivity index (χ3n) is 8.86. The monoisotopic (exact) mass is 408 g/mol. The summed E-state index contributed by atoms with van der Waals surface area (Å²) in [6.45, 7) is 9.56. The lowest BCUT2D eigenvalue weighted by molar-refractivity contribution is 0.0965. The average molecular weight is 409 g/mol. The summed E-state index contributed by atoms with van der Waals surface area (Å²) in [4.78, 5) is 0. The molecule has 1 heteroatoms. The van der Waals surface area contributed by atoms with Gasteiger partial charge in [0.1, 0.15) is 6.17 Å². The van der Waals surface area contributed by atoms with Crippen LogP contribution in [0.3, 0.4) is 0 Å². The fourth-order valence-electron chi connectivity index (χ4n) is 6.43. The fourth-order valence-corrected chi connectivity index (χ4v) is 6.43. The molecule has 0 heterocycles. The molecule has 7 atom stereocenters. The summed E-state index contributed by atoms with van der Waals surface area (Å²) in [5.74, 6) is 4.64. The molecule has 29 heavy (non-hydrogen) atoms. The van der Waals surface area contributed by atoms with Crippen LogP contribution in [0.1, 0.15) is 137 Å². The fraction of sp³-hybridized carbons (Fsp3) is 1.00. The van der Waals surface area contributed by atoms with Crippen molar-refractivity contribution in [2.45, 2.75) is 143 Å². The third kappa shape index (κ3) is 8.90. The number of halogens is 1. The average Bonchev–Trinajstić information content (AvgIpc) is 2.72. The molecule has 0 saturated heterocycles. The van der Waals surface area contributed by atoms with E-state index in [0.717, 1.165) is 42.9 Å². The van der Waals surface area contributed by atoms with Gasteiger partial charge < -0.3 is 0 Å². The number of hydrogen-bond donors (Lipinski definition) is 0. The van der Waals surface area contributed by atoms with Crippen molar-refractivity contribution in [1.82, 2.24) is 0 Å². The van der Waals surface area contributed by atoms with Crippen LogP contribution in [0.15, 0.2) is 0 Å². The molecule has 172 valence electrons. The Hall–Kier alpha value is -0.0700. The first-order chi connectivity index (χ1) is 14.0. The van der Waals surface area contributed by atoms with Crippen LogP contribution in [0.5, 0.6) is 0 Å². The molecular weight excluding hydrogens is 355 g/mol. The maximum atomic E-state index is 14.9. The lowest BCUT2D eigenvalue weighted by Gasteiger charge is -2.38. The first-order valence-electron chi connectivity index (χ1n) is 13.7. The topological polar surface area (TPSA) is 0 Å². The Labute approximate surface area is 183 Å². The van der Waals surface area contributed by atoms with Crippen LogP contribution < -0.4 is 0 Å². The summed E-state index contributed by atoms with van der Waals surface area (Å²) < 4.78 is 14.9. The third-order valence-corrected chi connectivity index (χ3v) is 8.86. The summed E-state index contributed by atoms with van der Waals surface area (Å²) in [6.07, 6.45) is 21.8. The van der Waals surface area contributed by atoms with Crippen molar-refractivity contribution in [2.24, 2.45) is 35.5 Å². The van der Waals surface area contributed by atoms with Gasteiger partial charge in [-0.3, -0.25) is 0 Å². The highest BCUT2D eigenvalue weighted by Crippen LogP contribution is 2.42. The van der Waals surface area contributed by atoms with E-state index in [1.165, 1.54) is 89.9 Å². The van der Waals surface area contributed by atoms with Crippen molar-refractivity contribution in [3.63, 3.8) is 0 Å². The zero-order valence-electron chi connectivity index (χ0n) is 20.4. The van der Waals surface area contributed by atoms with E-state index in [9.17, 15) is 4.39 Å². The summed E-state index contributed by atoms with van der Waals surface area (Å²) in [5, 5.41) is 0. The molecule has 2 fully saturated rings. The SMILES string of the molecule is CCCCCCCC1CCC(CC[C@H](C)C2CCC(C)C(CCCC)C2)C(F)C1. The van der Waals surface area contributed by atoms with E-state index in [-0.39, 0.29) is 0 Å². The van der Waals surface area contributed by atoms with Gasteiger partial charge in [0.25, 0.3) is 0 Å². The van der Waals surface area contributed by atoms with Crippen molar-refractivity contribution in [3.05, 3.63) is 0 Å². The van der Waals surface area contributed by atoms with E-state index in [0.29, 0.717) is 11.8 Å². The van der Waals surface area contributed by atoms with Crippen LogP contribution in [-0.4, -0.2) is 6.17 Å². The highest BCUT2D eigenvalue weighted by Gasteiger charge is 2.33. The minimum absolute atomic E-state index is 0.368. The van der Waals surface area contributed by atoms with E-state index in [1.54, 1.807) is 0 Å². The summed E-state index contributed by atoms with van der Waals surface area (Å²) in [5.41, 5.74) is 0. The molecule has 0 aromatic carbocycles. The Morgan fingerprint density at radius 2 is 1.52 bits per heavy atom. The molecule has 0 N–H and O–H groups in total. The van der Waals surface area contributed by atoms with Crippen LogP contribution in [0, 0.1) is 35.5 Å². The minimum Gasteiger partial charge on any atom is -0.247 e. The number of alkyl halides is 1. The van der Waals surface area contributed by atoms with Gasteiger partial charge in [-0.1, -0.05) is 98.3 Å². The normalized spacial score (nSPS) is 34.2. The Morgan fingerprint density at radius 1 is 0.759 bits per heavy atom. The van der Waals surface area contributed by atoms with Crippen LogP contribution in [0.4, 0.5) is 4.39 Å². The molecule has 2 saturated carbocycles. The molecule has 2 aliphatic rings. The molecular formula is C28H53F. The second-order valence-electron chi connectivity index (χ2n) is 11.2. The molecule has 0 aliphatic heterocycles. The van der Waals surface area contributed by atoms with Gasteiger partial charge >= 0.3 is 0 Å². The predicted octanol–water partition coefficient (Wildman–Crippen LogP) is 9.76. The molecule has 0 amide bonds. The Kier molecular flexibility index (Phi) is 12.2. The highest BCUT2D eigenvalue weighted by atomic mass is 19.1. The van der Waals surface area contributed by atoms with Gasteiger partial charge in [-0.15, -0.1) is 0 Å². The minimum atomic E-state index is -0.514. The van der Waals surface area contributed by atoms with E-state index in [1.807, 2.05) is 0 Å². The van der Waals surface area contributed by atoms with Gasteiger partial charge in [0.05, 0.1) is 0 Å². The van der Waals surface area contributed by atoms with Crippen LogP contribution in [0.2, 0.25) is 0 Å². The maximum absolute atomic E-state index is 14.9. The molecule has 6 unspecified atom stereocenters. The van der Waals surface area contributed by atoms with Gasteiger partial charge in [-0.2, -0.15) is 0 Å². The quantitative estimate of drug-likeness (QED) is 0.266. The van der Waals surface area contributed by atoms with Crippen LogP contribution >= 0.6 is 0 Å². The van der Waals surface area contributed by atoms with Gasteiger partial charge in [0, 0.05) is 0 Å². The number of rotatable bonds is 13. The van der Waals surface area contributed by atoms with Crippen molar-refractivity contribution in [3.8, 4) is 0 Å². The lowest BCUT2D eigenvalue weighted by atomic mass is 9.68. The van der Waals surface area contributed by atoms with Gasteiger partial charge in [0.15, 0.2) is 0 Å². The van der Waals surface area contributed by atoms with Gasteiger partial charge in [0.2, 0.25) is 0 Å². The van der Waals surface area contributed by atoms with E-state index in [4.69, 9.17) is 0 Å². The standard InChI is InChI=1S/C28H53F/c1-5-7-9-10-11-12-24-16-19-25(28(29)20-24)17-14-23(4)27-18-15-22(3)26(21-27)13-8-6-2/h22-28H,5-21H2,1-4H3/t22?,23-,24?,25?,26?,27?,28?/m0/s1. The van der Waals surface area contributed by atoms with E-state index < -0.39 is 6.17 Å². The highest BCUT2D eigenvalue weighted by molar-refractivity contribution is 4.84. The second kappa shape index (κ2) is 14.1. The first kappa shape index (κ1) is 25.2. The lowest BCUT2D eigenvalue weighted by Crippen LogP contribution is -2.29. The number of hydrogen-bond acceptors (Lipinski definition) is 0. The summed E-state index contributed by atoms with van der Waals surface area (Å²) in [7, 11) is 0. The predicted molar refractivity (Wildman–Crippen MR) is 127 cm³/mol. The largest absolute Gasteiger partial charge is 0.247 e. The molecule has 0 aromatic heterocycles. The van der Waals surface area contributed by atoms with Gasteiger partial charge in [-0.25, -0.2) is 4.39 Å². The molecule has 0 aromatic rings. The van der Waals surface area contributed by atoms with Crippen LogP contribution in [0.25, 0.3) is 0 Å².